The van der Waals surface area contributed by atoms with E-state index in [-0.39, 0.29) is 22.9 Å². The zero-order valence-electron chi connectivity index (χ0n) is 21.5. The van der Waals surface area contributed by atoms with Crippen molar-refractivity contribution in [2.24, 2.45) is 0 Å². The van der Waals surface area contributed by atoms with Gasteiger partial charge < -0.3 is 15.0 Å². The van der Waals surface area contributed by atoms with Crippen molar-refractivity contribution < 1.29 is 22.7 Å². The van der Waals surface area contributed by atoms with E-state index >= 15 is 0 Å². The smallest absolute Gasteiger partial charge is 0.416 e. The lowest BCUT2D eigenvalue weighted by Gasteiger charge is -2.32. The molecule has 1 aliphatic rings. The van der Waals surface area contributed by atoms with Crippen molar-refractivity contribution in [2.75, 3.05) is 29.9 Å². The number of ketones is 1. The second-order valence-corrected chi connectivity index (χ2v) is 9.94. The molecule has 3 aromatic carbocycles. The number of pyridine rings is 1. The van der Waals surface area contributed by atoms with Crippen molar-refractivity contribution in [1.29, 1.82) is 0 Å². The largest absolute Gasteiger partial charge is 0.494 e. The van der Waals surface area contributed by atoms with Gasteiger partial charge in [0, 0.05) is 48.4 Å². The summed E-state index contributed by atoms with van der Waals surface area (Å²) >= 11 is 6.05. The Morgan fingerprint density at radius 1 is 1.00 bits per heavy atom. The van der Waals surface area contributed by atoms with Crippen LogP contribution in [0.25, 0.3) is 11.1 Å². The highest BCUT2D eigenvalue weighted by Crippen LogP contribution is 2.37. The molecule has 1 N–H and O–H groups in total. The maximum absolute atomic E-state index is 13.7. The molecule has 0 radical (unpaired) electrons. The first kappa shape index (κ1) is 27.5. The van der Waals surface area contributed by atoms with Gasteiger partial charge in [0.15, 0.2) is 5.78 Å². The molecule has 5 rings (SSSR count). The van der Waals surface area contributed by atoms with Crippen molar-refractivity contribution in [3.8, 4) is 16.9 Å². The van der Waals surface area contributed by atoms with E-state index in [1.165, 1.54) is 12.1 Å². The molecule has 0 fully saturated rings. The highest BCUT2D eigenvalue weighted by molar-refractivity contribution is 6.30. The van der Waals surface area contributed by atoms with Crippen LogP contribution >= 0.6 is 11.6 Å². The minimum Gasteiger partial charge on any atom is -0.494 e. The van der Waals surface area contributed by atoms with Gasteiger partial charge in [-0.05, 0) is 60.0 Å². The number of benzene rings is 3. The molecular formula is C31H27ClF3N3O2. The van der Waals surface area contributed by atoms with E-state index in [2.05, 4.69) is 10.3 Å². The second kappa shape index (κ2) is 12.0. The minimum atomic E-state index is -4.49. The molecule has 40 heavy (non-hydrogen) atoms. The third-order valence-electron chi connectivity index (χ3n) is 6.69. The topological polar surface area (TPSA) is 54.5 Å². The molecular weight excluding hydrogens is 539 g/mol. The number of carbonyl (C=O) groups is 1. The Kier molecular flexibility index (Phi) is 8.26. The number of hydrogen-bond donors (Lipinski definition) is 1. The van der Waals surface area contributed by atoms with Gasteiger partial charge in [-0.25, -0.2) is 4.98 Å². The predicted molar refractivity (Wildman–Crippen MR) is 151 cm³/mol. The number of carbonyl (C=O) groups excluding carboxylic acids is 1. The van der Waals surface area contributed by atoms with Crippen LogP contribution in [-0.2, 0) is 12.7 Å². The first-order chi connectivity index (χ1) is 19.3. The normalized spacial score (nSPS) is 12.9. The van der Waals surface area contributed by atoms with Crippen LogP contribution < -0.4 is 15.0 Å². The molecule has 0 saturated carbocycles. The fourth-order valence-electron chi connectivity index (χ4n) is 4.71. The summed E-state index contributed by atoms with van der Waals surface area (Å²) < 4.78 is 46.7. The standard InChI is InChI=1S/C31H27ClF3N3O2/c32-25-11-12-27(31(33,34)35)24(17-25)20-38-14-13-36-30-28(38)18-23(19-37-30)21-6-4-7-22(16-21)29(39)10-5-15-40-26-8-2-1-3-9-26/h1-4,6-9,11-12,16-19H,5,10,13-15,20H2,(H,36,37). The molecule has 4 aromatic rings. The number of Topliss-reactive ketones (excluding diaryl/α,β-unsaturated/α-hetero) is 1. The molecule has 0 aliphatic carbocycles. The molecule has 0 unspecified atom stereocenters. The van der Waals surface area contributed by atoms with Crippen LogP contribution in [0.3, 0.4) is 0 Å². The monoisotopic (exact) mass is 565 g/mol. The van der Waals surface area contributed by atoms with Crippen molar-refractivity contribution in [1.82, 2.24) is 4.98 Å². The van der Waals surface area contributed by atoms with Crippen LogP contribution in [0.15, 0.2) is 85.1 Å². The fraction of sp³-hybridized carbons (Fsp3) is 0.226. The Labute approximate surface area is 235 Å². The summed E-state index contributed by atoms with van der Waals surface area (Å²) in [6.45, 7) is 1.50. The van der Waals surface area contributed by atoms with Gasteiger partial charge in [-0.1, -0.05) is 48.0 Å². The van der Waals surface area contributed by atoms with Crippen LogP contribution in [0.4, 0.5) is 24.7 Å². The summed E-state index contributed by atoms with van der Waals surface area (Å²) in [7, 11) is 0. The molecule has 1 aromatic heterocycles. The Bertz CT molecular complexity index is 1500. The molecule has 1 aliphatic heterocycles. The van der Waals surface area contributed by atoms with Gasteiger partial charge >= 0.3 is 6.18 Å². The average Bonchev–Trinajstić information content (AvgIpc) is 2.95. The number of para-hydroxylation sites is 1. The van der Waals surface area contributed by atoms with Crippen LogP contribution in [0.2, 0.25) is 5.02 Å². The van der Waals surface area contributed by atoms with Gasteiger partial charge in [-0.2, -0.15) is 13.2 Å². The number of hydrogen-bond acceptors (Lipinski definition) is 5. The lowest BCUT2D eigenvalue weighted by molar-refractivity contribution is -0.138. The van der Waals surface area contributed by atoms with E-state index in [0.717, 1.165) is 22.9 Å². The summed E-state index contributed by atoms with van der Waals surface area (Å²) in [5.74, 6) is 1.37. The first-order valence-electron chi connectivity index (χ1n) is 12.9. The number of ether oxygens (including phenoxy) is 1. The molecule has 5 nitrogen and oxygen atoms in total. The van der Waals surface area contributed by atoms with Crippen LogP contribution in [0.1, 0.15) is 34.3 Å². The maximum atomic E-state index is 13.7. The number of fused-ring (bicyclic) bond motifs is 1. The number of nitrogens with zero attached hydrogens (tertiary/aromatic N) is 2. The fourth-order valence-corrected chi connectivity index (χ4v) is 4.91. The summed E-state index contributed by atoms with van der Waals surface area (Å²) in [6.07, 6.45) is -1.86. The Morgan fingerprint density at radius 3 is 2.62 bits per heavy atom. The Morgan fingerprint density at radius 2 is 1.82 bits per heavy atom. The molecule has 0 saturated heterocycles. The number of aromatic nitrogens is 1. The lowest BCUT2D eigenvalue weighted by Crippen LogP contribution is -2.34. The summed E-state index contributed by atoms with van der Waals surface area (Å²) in [6, 6.07) is 22.3. The SMILES string of the molecule is O=C(CCCOc1ccccc1)c1cccc(-c2cnc3c(c2)N(Cc2cc(Cl)ccc2C(F)(F)F)CCN3)c1. The Balaban J connectivity index is 1.32. The van der Waals surface area contributed by atoms with E-state index in [9.17, 15) is 18.0 Å². The van der Waals surface area contributed by atoms with Crippen LogP contribution in [0, 0.1) is 0 Å². The zero-order chi connectivity index (χ0) is 28.1. The maximum Gasteiger partial charge on any atom is 0.416 e. The number of rotatable bonds is 9. The third-order valence-corrected chi connectivity index (χ3v) is 6.93. The highest BCUT2D eigenvalue weighted by Gasteiger charge is 2.34. The van der Waals surface area contributed by atoms with E-state index < -0.39 is 11.7 Å². The predicted octanol–water partition coefficient (Wildman–Crippen LogP) is 7.89. The zero-order valence-corrected chi connectivity index (χ0v) is 22.3. The van der Waals surface area contributed by atoms with Gasteiger partial charge in [0.05, 0.1) is 17.9 Å². The molecule has 0 amide bonds. The quantitative estimate of drug-likeness (QED) is 0.165. The van der Waals surface area contributed by atoms with Gasteiger partial charge in [-0.15, -0.1) is 0 Å². The highest BCUT2D eigenvalue weighted by atomic mass is 35.5. The van der Waals surface area contributed by atoms with E-state index in [0.29, 0.717) is 49.6 Å². The summed E-state index contributed by atoms with van der Waals surface area (Å²) in [4.78, 5) is 19.3. The molecule has 9 heteroatoms. The van der Waals surface area contributed by atoms with E-state index in [1.54, 1.807) is 12.3 Å². The Hall–Kier alpha value is -4.04. The number of anilines is 2. The van der Waals surface area contributed by atoms with Crippen LogP contribution in [0.5, 0.6) is 5.75 Å². The number of alkyl halides is 3. The van der Waals surface area contributed by atoms with Gasteiger partial charge in [-0.3, -0.25) is 4.79 Å². The van der Waals surface area contributed by atoms with Crippen molar-refractivity contribution in [2.45, 2.75) is 25.6 Å². The van der Waals surface area contributed by atoms with Gasteiger partial charge in [0.2, 0.25) is 0 Å². The molecule has 206 valence electrons. The van der Waals surface area contributed by atoms with Crippen molar-refractivity contribution in [3.63, 3.8) is 0 Å². The van der Waals surface area contributed by atoms with Crippen molar-refractivity contribution >= 4 is 28.9 Å². The molecule has 2 heterocycles. The van der Waals surface area contributed by atoms with Crippen molar-refractivity contribution in [3.05, 3.63) is 107 Å². The summed E-state index contributed by atoms with van der Waals surface area (Å²) in [5, 5.41) is 3.46. The lowest BCUT2D eigenvalue weighted by atomic mass is 10.00. The minimum absolute atomic E-state index is 0.00774. The third kappa shape index (κ3) is 6.57. The molecule has 0 atom stereocenters. The average molecular weight is 566 g/mol. The summed E-state index contributed by atoms with van der Waals surface area (Å²) in [5.41, 5.74) is 2.22. The van der Waals surface area contributed by atoms with Gasteiger partial charge in [0.1, 0.15) is 11.6 Å². The van der Waals surface area contributed by atoms with E-state index in [1.807, 2.05) is 59.5 Å². The number of halogens is 4. The second-order valence-electron chi connectivity index (χ2n) is 9.51. The van der Waals surface area contributed by atoms with Crippen LogP contribution in [-0.4, -0.2) is 30.5 Å². The first-order valence-corrected chi connectivity index (χ1v) is 13.3. The number of nitrogens with one attached hydrogen (secondary N) is 1. The molecule has 0 spiro atoms. The van der Waals surface area contributed by atoms with Gasteiger partial charge in [0.25, 0.3) is 0 Å². The van der Waals surface area contributed by atoms with E-state index in [4.69, 9.17) is 16.3 Å². The molecule has 0 bridgehead atoms.